The first-order valence-electron chi connectivity index (χ1n) is 5.61. The molecule has 1 rings (SSSR count). The monoisotopic (exact) mass is 306 g/mol. The Morgan fingerprint density at radius 2 is 1.95 bits per heavy atom. The lowest BCUT2D eigenvalue weighted by Gasteiger charge is -2.23. The number of alkyl halides is 3. The van der Waals surface area contributed by atoms with Crippen molar-refractivity contribution in [2.75, 3.05) is 19.7 Å². The lowest BCUT2D eigenvalue weighted by molar-refractivity contribution is -0.141. The molecule has 1 amide bonds. The van der Waals surface area contributed by atoms with Crippen LogP contribution in [0.3, 0.4) is 0 Å². The summed E-state index contributed by atoms with van der Waals surface area (Å²) < 4.78 is 37.2. The van der Waals surface area contributed by atoms with Gasteiger partial charge in [-0.1, -0.05) is 24.4 Å². The van der Waals surface area contributed by atoms with E-state index in [2.05, 4.69) is 0 Å². The number of aliphatic hydroxyl groups excluding tert-OH is 1. The number of carbonyl (C=O) groups excluding carboxylic acids is 1. The van der Waals surface area contributed by atoms with E-state index in [4.69, 9.17) is 23.1 Å². The van der Waals surface area contributed by atoms with Crippen molar-refractivity contribution < 1.29 is 23.1 Å². The van der Waals surface area contributed by atoms with E-state index in [0.717, 1.165) is 0 Å². The van der Waals surface area contributed by atoms with Crippen molar-refractivity contribution in [3.05, 3.63) is 35.4 Å². The predicted molar refractivity (Wildman–Crippen MR) is 71.4 cm³/mol. The number of rotatable bonds is 5. The molecular weight excluding hydrogens is 293 g/mol. The van der Waals surface area contributed by atoms with Crippen molar-refractivity contribution >= 4 is 23.1 Å². The highest BCUT2D eigenvalue weighted by molar-refractivity contribution is 7.80. The summed E-state index contributed by atoms with van der Waals surface area (Å²) >= 11 is 4.75. The molecule has 0 aliphatic carbocycles. The fraction of sp³-hybridized carbons (Fsp3) is 0.333. The molecule has 0 unspecified atom stereocenters. The molecule has 8 heteroatoms. The Labute approximate surface area is 119 Å². The van der Waals surface area contributed by atoms with Gasteiger partial charge < -0.3 is 15.7 Å². The second-order valence-corrected chi connectivity index (χ2v) is 4.45. The van der Waals surface area contributed by atoms with E-state index >= 15 is 0 Å². The van der Waals surface area contributed by atoms with Crippen LogP contribution >= 0.6 is 12.2 Å². The minimum absolute atomic E-state index is 0.0352. The first-order valence-corrected chi connectivity index (χ1v) is 6.02. The first-order chi connectivity index (χ1) is 9.24. The number of nitrogens with two attached hydrogens (primary N) is 1. The quantitative estimate of drug-likeness (QED) is 0.805. The highest BCUT2D eigenvalue weighted by Gasteiger charge is 2.33. The van der Waals surface area contributed by atoms with Gasteiger partial charge in [0.05, 0.1) is 6.61 Å². The van der Waals surface area contributed by atoms with E-state index < -0.39 is 31.8 Å². The van der Waals surface area contributed by atoms with Crippen LogP contribution in [0, 0.1) is 0 Å². The molecule has 0 aliphatic heterocycles. The fourth-order valence-electron chi connectivity index (χ4n) is 1.58. The number of hydrogen-bond acceptors (Lipinski definition) is 3. The fourth-order valence-corrected chi connectivity index (χ4v) is 1.70. The summed E-state index contributed by atoms with van der Waals surface area (Å²) in [5, 5.41) is 8.77. The molecule has 0 fully saturated rings. The Hall–Kier alpha value is -1.67. The van der Waals surface area contributed by atoms with Gasteiger partial charge in [-0.15, -0.1) is 0 Å². The van der Waals surface area contributed by atoms with Crippen LogP contribution in [0.15, 0.2) is 24.3 Å². The zero-order valence-electron chi connectivity index (χ0n) is 10.4. The predicted octanol–water partition coefficient (Wildman–Crippen LogP) is 1.32. The minimum Gasteiger partial charge on any atom is -0.395 e. The van der Waals surface area contributed by atoms with Crippen molar-refractivity contribution in [2.24, 2.45) is 5.73 Å². The number of hydrogen-bond donors (Lipinski definition) is 2. The number of nitrogens with zero attached hydrogens (tertiary/aromatic N) is 1. The topological polar surface area (TPSA) is 66.6 Å². The highest BCUT2D eigenvalue weighted by atomic mass is 32.1. The average Bonchev–Trinajstić information content (AvgIpc) is 2.36. The smallest absolute Gasteiger partial charge is 0.395 e. The van der Waals surface area contributed by atoms with E-state index in [9.17, 15) is 18.0 Å². The number of benzene rings is 1. The van der Waals surface area contributed by atoms with E-state index in [1.54, 1.807) is 6.07 Å². The summed E-state index contributed by atoms with van der Waals surface area (Å²) in [6.45, 7) is -2.39. The molecule has 20 heavy (non-hydrogen) atoms. The minimum atomic E-state index is -4.54. The Bertz CT molecular complexity index is 506. The van der Waals surface area contributed by atoms with Gasteiger partial charge in [-0.25, -0.2) is 0 Å². The molecule has 0 aromatic heterocycles. The van der Waals surface area contributed by atoms with Gasteiger partial charge in [0.25, 0.3) is 5.91 Å². The molecule has 4 nitrogen and oxygen atoms in total. The molecule has 0 spiro atoms. The summed E-state index contributed by atoms with van der Waals surface area (Å²) in [4.78, 5) is 12.6. The molecule has 1 aromatic rings. The third-order valence-corrected chi connectivity index (χ3v) is 2.66. The second kappa shape index (κ2) is 6.67. The largest absolute Gasteiger partial charge is 0.406 e. The van der Waals surface area contributed by atoms with Crippen molar-refractivity contribution in [1.82, 2.24) is 4.90 Å². The van der Waals surface area contributed by atoms with Crippen molar-refractivity contribution in [3.63, 3.8) is 0 Å². The van der Waals surface area contributed by atoms with Crippen LogP contribution < -0.4 is 5.73 Å². The van der Waals surface area contributed by atoms with Crippen LogP contribution in [0.4, 0.5) is 13.2 Å². The van der Waals surface area contributed by atoms with Gasteiger partial charge in [-0.3, -0.25) is 4.79 Å². The van der Waals surface area contributed by atoms with Crippen molar-refractivity contribution in [3.8, 4) is 0 Å². The number of carbonyl (C=O) groups is 1. The Balaban J connectivity index is 3.00. The number of halogens is 3. The van der Waals surface area contributed by atoms with Gasteiger partial charge in [0, 0.05) is 17.7 Å². The maximum Gasteiger partial charge on any atom is 0.406 e. The van der Waals surface area contributed by atoms with Crippen molar-refractivity contribution in [1.29, 1.82) is 0 Å². The van der Waals surface area contributed by atoms with Crippen LogP contribution in [-0.2, 0) is 0 Å². The molecule has 110 valence electrons. The average molecular weight is 306 g/mol. The first kappa shape index (κ1) is 16.4. The highest BCUT2D eigenvalue weighted by Crippen LogP contribution is 2.18. The summed E-state index contributed by atoms with van der Waals surface area (Å²) in [6.07, 6.45) is -4.54. The molecule has 0 aliphatic rings. The van der Waals surface area contributed by atoms with E-state index in [0.29, 0.717) is 10.5 Å². The van der Waals surface area contributed by atoms with Crippen molar-refractivity contribution in [2.45, 2.75) is 6.18 Å². The molecule has 0 radical (unpaired) electrons. The maximum atomic E-state index is 12.4. The molecule has 0 bridgehead atoms. The van der Waals surface area contributed by atoms with Crippen LogP contribution in [0.5, 0.6) is 0 Å². The Morgan fingerprint density at radius 3 is 2.45 bits per heavy atom. The van der Waals surface area contributed by atoms with E-state index in [1.165, 1.54) is 18.2 Å². The van der Waals surface area contributed by atoms with Gasteiger partial charge in [0.15, 0.2) is 0 Å². The molecule has 1 aromatic carbocycles. The van der Waals surface area contributed by atoms with E-state index in [1.807, 2.05) is 0 Å². The van der Waals surface area contributed by atoms with Crippen LogP contribution in [0.25, 0.3) is 0 Å². The zero-order chi connectivity index (χ0) is 15.3. The standard InChI is InChI=1S/C12H13F3N2O2S/c13-12(14,15)7-17(4-5-18)11(19)9-3-1-2-8(6-9)10(16)20/h1-3,6,18H,4-5,7H2,(H2,16,20). The molecular formula is C12H13F3N2O2S. The number of amides is 1. The molecule has 3 N–H and O–H groups in total. The summed E-state index contributed by atoms with van der Waals surface area (Å²) in [7, 11) is 0. The van der Waals surface area contributed by atoms with Gasteiger partial charge in [-0.05, 0) is 12.1 Å². The third-order valence-electron chi connectivity index (χ3n) is 2.42. The zero-order valence-corrected chi connectivity index (χ0v) is 11.2. The van der Waals surface area contributed by atoms with Crippen LogP contribution in [0.1, 0.15) is 15.9 Å². The maximum absolute atomic E-state index is 12.4. The molecule has 0 saturated carbocycles. The lowest BCUT2D eigenvalue weighted by atomic mass is 10.1. The Kier molecular flexibility index (Phi) is 5.46. The lowest BCUT2D eigenvalue weighted by Crippen LogP contribution is -2.40. The SMILES string of the molecule is NC(=S)c1cccc(C(=O)N(CCO)CC(F)(F)F)c1. The Morgan fingerprint density at radius 1 is 1.35 bits per heavy atom. The molecule has 0 saturated heterocycles. The van der Waals surface area contributed by atoms with Crippen LogP contribution in [0.2, 0.25) is 0 Å². The van der Waals surface area contributed by atoms with Gasteiger partial charge in [0.1, 0.15) is 11.5 Å². The normalized spacial score (nSPS) is 11.2. The number of thiocarbonyl (C=S) groups is 1. The second-order valence-electron chi connectivity index (χ2n) is 4.01. The third kappa shape index (κ3) is 4.78. The van der Waals surface area contributed by atoms with Gasteiger partial charge in [-0.2, -0.15) is 13.2 Å². The van der Waals surface area contributed by atoms with Gasteiger partial charge >= 0.3 is 6.18 Å². The summed E-state index contributed by atoms with van der Waals surface area (Å²) in [5.74, 6) is -0.838. The molecule has 0 heterocycles. The van der Waals surface area contributed by atoms with Gasteiger partial charge in [0.2, 0.25) is 0 Å². The summed E-state index contributed by atoms with van der Waals surface area (Å²) in [6, 6.07) is 5.72. The summed E-state index contributed by atoms with van der Waals surface area (Å²) in [5.41, 5.74) is 5.83. The number of aliphatic hydroxyl groups is 1. The molecule has 0 atom stereocenters. The van der Waals surface area contributed by atoms with E-state index in [-0.39, 0.29) is 10.6 Å². The van der Waals surface area contributed by atoms with Crippen LogP contribution in [-0.4, -0.2) is 46.8 Å².